The second-order valence-corrected chi connectivity index (χ2v) is 4.68. The molecule has 0 amide bonds. The molecule has 0 aliphatic heterocycles. The molecule has 0 saturated carbocycles. The van der Waals surface area contributed by atoms with E-state index in [1.165, 1.54) is 11.1 Å². The van der Waals surface area contributed by atoms with Gasteiger partial charge in [-0.3, -0.25) is 0 Å². The number of para-hydroxylation sites is 1. The van der Waals surface area contributed by atoms with Crippen LogP contribution in [0.4, 0.5) is 0 Å². The van der Waals surface area contributed by atoms with Gasteiger partial charge in [0, 0.05) is 5.56 Å². The zero-order valence-corrected chi connectivity index (χ0v) is 11.9. The van der Waals surface area contributed by atoms with Crippen LogP contribution in [0.3, 0.4) is 0 Å². The van der Waals surface area contributed by atoms with Crippen LogP contribution in [-0.4, -0.2) is 6.54 Å². The first kappa shape index (κ1) is 14.4. The highest BCUT2D eigenvalue weighted by Crippen LogP contribution is 2.20. The molecule has 2 aromatic carbocycles. The van der Waals surface area contributed by atoms with Gasteiger partial charge < -0.3 is 10.5 Å². The number of benzene rings is 2. The average molecular weight is 267 g/mol. The van der Waals surface area contributed by atoms with E-state index in [9.17, 15) is 0 Å². The molecule has 20 heavy (non-hydrogen) atoms. The van der Waals surface area contributed by atoms with Crippen LogP contribution in [0.15, 0.2) is 54.6 Å². The molecule has 2 N–H and O–H groups in total. The van der Waals surface area contributed by atoms with Crippen LogP contribution < -0.4 is 10.5 Å². The molecule has 2 rings (SSSR count). The SMILES string of the molecule is C/C=C/c1ccccc1OCc1ccc(CCN)cc1. The Hall–Kier alpha value is -2.06. The van der Waals surface area contributed by atoms with Crippen molar-refractivity contribution in [1.82, 2.24) is 0 Å². The summed E-state index contributed by atoms with van der Waals surface area (Å²) in [6.07, 6.45) is 4.99. The summed E-state index contributed by atoms with van der Waals surface area (Å²) in [6, 6.07) is 16.5. The summed E-state index contributed by atoms with van der Waals surface area (Å²) >= 11 is 0. The zero-order chi connectivity index (χ0) is 14.2. The Bertz CT molecular complexity index is 558. The van der Waals surface area contributed by atoms with Crippen LogP contribution in [0.5, 0.6) is 5.75 Å². The standard InChI is InChI=1S/C18H21NO/c1-2-5-17-6-3-4-7-18(17)20-14-16-10-8-15(9-11-16)12-13-19/h2-11H,12-14,19H2,1H3/b5-2+. The van der Waals surface area contributed by atoms with Crippen LogP contribution in [0.2, 0.25) is 0 Å². The minimum Gasteiger partial charge on any atom is -0.488 e. The molecular formula is C18H21NO. The molecule has 0 aliphatic carbocycles. The van der Waals surface area contributed by atoms with Crippen molar-refractivity contribution in [2.45, 2.75) is 20.0 Å². The Morgan fingerprint density at radius 1 is 1.00 bits per heavy atom. The quantitative estimate of drug-likeness (QED) is 0.864. The van der Waals surface area contributed by atoms with Crippen molar-refractivity contribution in [1.29, 1.82) is 0 Å². The Morgan fingerprint density at radius 3 is 2.40 bits per heavy atom. The van der Waals surface area contributed by atoms with Gasteiger partial charge in [0.05, 0.1) is 0 Å². The van der Waals surface area contributed by atoms with E-state index in [0.29, 0.717) is 13.2 Å². The minimum absolute atomic E-state index is 0.581. The average Bonchev–Trinajstić information content (AvgIpc) is 2.48. The Balaban J connectivity index is 2.01. The van der Waals surface area contributed by atoms with E-state index in [1.54, 1.807) is 0 Å². The molecule has 0 fully saturated rings. The number of ether oxygens (including phenoxy) is 1. The summed E-state index contributed by atoms with van der Waals surface area (Å²) in [7, 11) is 0. The van der Waals surface area contributed by atoms with E-state index >= 15 is 0 Å². The zero-order valence-electron chi connectivity index (χ0n) is 11.9. The predicted octanol–water partition coefficient (Wildman–Crippen LogP) is 3.80. The summed E-state index contributed by atoms with van der Waals surface area (Å²) in [6.45, 7) is 3.27. The molecule has 0 saturated heterocycles. The van der Waals surface area contributed by atoms with Gasteiger partial charge in [-0.1, -0.05) is 54.6 Å². The number of hydrogen-bond acceptors (Lipinski definition) is 2. The lowest BCUT2D eigenvalue weighted by molar-refractivity contribution is 0.305. The second kappa shape index (κ2) is 7.51. The third-order valence-electron chi connectivity index (χ3n) is 3.12. The topological polar surface area (TPSA) is 35.2 Å². The molecule has 0 unspecified atom stereocenters. The molecule has 2 aromatic rings. The summed E-state index contributed by atoms with van der Waals surface area (Å²) in [4.78, 5) is 0. The summed E-state index contributed by atoms with van der Waals surface area (Å²) in [5, 5.41) is 0. The largest absolute Gasteiger partial charge is 0.488 e. The van der Waals surface area contributed by atoms with Gasteiger partial charge in [-0.15, -0.1) is 0 Å². The lowest BCUT2D eigenvalue weighted by atomic mass is 10.1. The maximum Gasteiger partial charge on any atom is 0.127 e. The third-order valence-corrected chi connectivity index (χ3v) is 3.12. The van der Waals surface area contributed by atoms with Crippen LogP contribution >= 0.6 is 0 Å². The van der Waals surface area contributed by atoms with E-state index in [0.717, 1.165) is 17.7 Å². The van der Waals surface area contributed by atoms with Gasteiger partial charge in [-0.25, -0.2) is 0 Å². The van der Waals surface area contributed by atoms with Crippen LogP contribution in [0, 0.1) is 0 Å². The fourth-order valence-electron chi connectivity index (χ4n) is 2.06. The lowest BCUT2D eigenvalue weighted by Crippen LogP contribution is -2.03. The molecule has 104 valence electrons. The molecule has 0 aliphatic rings. The Morgan fingerprint density at radius 2 is 1.70 bits per heavy atom. The molecule has 0 radical (unpaired) electrons. The Kier molecular flexibility index (Phi) is 5.39. The van der Waals surface area contributed by atoms with Crippen molar-refractivity contribution < 1.29 is 4.74 Å². The lowest BCUT2D eigenvalue weighted by Gasteiger charge is -2.09. The molecule has 2 heteroatoms. The van der Waals surface area contributed by atoms with Crippen molar-refractivity contribution in [2.24, 2.45) is 5.73 Å². The Labute approximate surface area is 120 Å². The van der Waals surface area contributed by atoms with Gasteiger partial charge in [0.25, 0.3) is 0 Å². The van der Waals surface area contributed by atoms with Crippen LogP contribution in [0.25, 0.3) is 6.08 Å². The highest BCUT2D eigenvalue weighted by atomic mass is 16.5. The molecule has 0 aromatic heterocycles. The number of allylic oxidation sites excluding steroid dienone is 1. The maximum atomic E-state index is 5.90. The monoisotopic (exact) mass is 267 g/mol. The van der Waals surface area contributed by atoms with Crippen molar-refractivity contribution in [3.63, 3.8) is 0 Å². The number of hydrogen-bond donors (Lipinski definition) is 1. The number of rotatable bonds is 6. The highest BCUT2D eigenvalue weighted by molar-refractivity contribution is 5.56. The van der Waals surface area contributed by atoms with Gasteiger partial charge in [-0.2, -0.15) is 0 Å². The summed E-state index contributed by atoms with van der Waals surface area (Å²) in [5.41, 5.74) is 9.09. The van der Waals surface area contributed by atoms with Crippen molar-refractivity contribution in [3.05, 3.63) is 71.3 Å². The van der Waals surface area contributed by atoms with Gasteiger partial charge >= 0.3 is 0 Å². The van der Waals surface area contributed by atoms with E-state index in [2.05, 4.69) is 36.4 Å². The minimum atomic E-state index is 0.581. The van der Waals surface area contributed by atoms with E-state index in [1.807, 2.05) is 31.2 Å². The normalized spacial score (nSPS) is 10.9. The van der Waals surface area contributed by atoms with Crippen molar-refractivity contribution in [2.75, 3.05) is 6.54 Å². The highest BCUT2D eigenvalue weighted by Gasteiger charge is 2.00. The molecule has 0 spiro atoms. The predicted molar refractivity (Wildman–Crippen MR) is 84.7 cm³/mol. The van der Waals surface area contributed by atoms with E-state index < -0.39 is 0 Å². The molecule has 0 atom stereocenters. The number of nitrogens with two attached hydrogens (primary N) is 1. The van der Waals surface area contributed by atoms with E-state index in [-0.39, 0.29) is 0 Å². The molecule has 0 bridgehead atoms. The van der Waals surface area contributed by atoms with Crippen LogP contribution in [0.1, 0.15) is 23.6 Å². The first-order valence-electron chi connectivity index (χ1n) is 6.96. The first-order valence-corrected chi connectivity index (χ1v) is 6.96. The third kappa shape index (κ3) is 3.97. The van der Waals surface area contributed by atoms with Crippen molar-refractivity contribution >= 4 is 6.08 Å². The first-order chi connectivity index (χ1) is 9.83. The fourth-order valence-corrected chi connectivity index (χ4v) is 2.06. The smallest absolute Gasteiger partial charge is 0.127 e. The van der Waals surface area contributed by atoms with Crippen molar-refractivity contribution in [3.8, 4) is 5.75 Å². The maximum absolute atomic E-state index is 5.90. The van der Waals surface area contributed by atoms with Gasteiger partial charge in [-0.05, 0) is 37.1 Å². The van der Waals surface area contributed by atoms with Crippen LogP contribution in [-0.2, 0) is 13.0 Å². The molecule has 0 heterocycles. The van der Waals surface area contributed by atoms with Gasteiger partial charge in [0.15, 0.2) is 0 Å². The van der Waals surface area contributed by atoms with Gasteiger partial charge in [0.1, 0.15) is 12.4 Å². The second-order valence-electron chi connectivity index (χ2n) is 4.68. The summed E-state index contributed by atoms with van der Waals surface area (Å²) in [5.74, 6) is 0.914. The fraction of sp³-hybridized carbons (Fsp3) is 0.222. The molecular weight excluding hydrogens is 246 g/mol. The van der Waals surface area contributed by atoms with Gasteiger partial charge in [0.2, 0.25) is 0 Å². The molecule has 2 nitrogen and oxygen atoms in total. The summed E-state index contributed by atoms with van der Waals surface area (Å²) < 4.78 is 5.90. The van der Waals surface area contributed by atoms with E-state index in [4.69, 9.17) is 10.5 Å².